The number of amides is 2. The largest absolute Gasteiger partial charge is 0.295 e. The number of nitriles is 1. The lowest BCUT2D eigenvalue weighted by Crippen LogP contribution is -2.52. The number of hydrogen-bond donors (Lipinski definition) is 2. The van der Waals surface area contributed by atoms with Gasteiger partial charge in [-0.25, -0.2) is 8.42 Å². The number of carbonyl (C=O) groups is 2. The molecule has 1 atom stereocenters. The van der Waals surface area contributed by atoms with E-state index in [1.807, 2.05) is 6.07 Å². The van der Waals surface area contributed by atoms with Crippen molar-refractivity contribution in [1.29, 1.82) is 5.26 Å². The lowest BCUT2D eigenvalue weighted by molar-refractivity contribution is -0.134. The Morgan fingerprint density at radius 2 is 2.16 bits per heavy atom. The van der Waals surface area contributed by atoms with E-state index in [0.717, 1.165) is 11.3 Å². The van der Waals surface area contributed by atoms with Crippen LogP contribution in [0.5, 0.6) is 0 Å². The minimum atomic E-state index is -3.85. The van der Waals surface area contributed by atoms with Crippen LogP contribution in [0.15, 0.2) is 16.3 Å². The van der Waals surface area contributed by atoms with Crippen LogP contribution in [0.25, 0.3) is 0 Å². The summed E-state index contributed by atoms with van der Waals surface area (Å²) in [6.45, 7) is 0. The van der Waals surface area contributed by atoms with Gasteiger partial charge in [0.25, 0.3) is 10.0 Å². The molecule has 0 spiro atoms. The van der Waals surface area contributed by atoms with Gasteiger partial charge in [-0.2, -0.15) is 9.98 Å². The Morgan fingerprint density at radius 1 is 1.42 bits per heavy atom. The molecule has 2 amide bonds. The minimum Gasteiger partial charge on any atom is -0.295 e. The third-order valence-corrected chi connectivity index (χ3v) is 5.45. The number of carbonyl (C=O) groups excluding carboxylic acids is 2. The van der Waals surface area contributed by atoms with Gasteiger partial charge in [-0.05, 0) is 18.6 Å². The van der Waals surface area contributed by atoms with E-state index in [9.17, 15) is 18.0 Å². The maximum absolute atomic E-state index is 12.0. The molecule has 1 unspecified atom stereocenters. The molecule has 0 saturated carbocycles. The summed E-state index contributed by atoms with van der Waals surface area (Å²) in [6, 6.07) is 3.57. The van der Waals surface area contributed by atoms with E-state index in [2.05, 4.69) is 10.0 Å². The number of nitrogens with one attached hydrogen (secondary N) is 2. The zero-order valence-corrected chi connectivity index (χ0v) is 11.2. The van der Waals surface area contributed by atoms with Gasteiger partial charge in [-0.15, -0.1) is 11.3 Å². The highest BCUT2D eigenvalue weighted by molar-refractivity contribution is 7.91. The normalized spacial score (nSPS) is 19.8. The van der Waals surface area contributed by atoms with Crippen LogP contribution >= 0.6 is 11.3 Å². The van der Waals surface area contributed by atoms with Crippen LogP contribution in [0.1, 0.15) is 17.7 Å². The summed E-state index contributed by atoms with van der Waals surface area (Å²) in [6.07, 6.45) is 0.215. The molecule has 1 saturated heterocycles. The van der Waals surface area contributed by atoms with Crippen molar-refractivity contribution < 1.29 is 18.0 Å². The SMILES string of the molecule is N#Cc1ccc(S(=O)(=O)NC2CCC(=O)NC2=O)s1. The van der Waals surface area contributed by atoms with Crippen molar-refractivity contribution in [3.63, 3.8) is 0 Å². The standard InChI is InChI=1S/C10H9N3O4S2/c11-5-6-1-4-9(18-6)19(16,17)13-7-2-3-8(14)12-10(7)15/h1,4,7,13H,2-3H2,(H,12,14,15). The van der Waals surface area contributed by atoms with E-state index in [4.69, 9.17) is 5.26 Å². The summed E-state index contributed by atoms with van der Waals surface area (Å²) in [4.78, 5) is 22.7. The smallest absolute Gasteiger partial charge is 0.250 e. The highest BCUT2D eigenvalue weighted by Gasteiger charge is 2.31. The molecular weight excluding hydrogens is 290 g/mol. The fraction of sp³-hybridized carbons (Fsp3) is 0.300. The second kappa shape index (κ2) is 5.08. The van der Waals surface area contributed by atoms with Crippen molar-refractivity contribution in [2.75, 3.05) is 0 Å². The highest BCUT2D eigenvalue weighted by Crippen LogP contribution is 2.21. The second-order valence-electron chi connectivity index (χ2n) is 3.86. The van der Waals surface area contributed by atoms with Crippen LogP contribution in [-0.2, 0) is 19.6 Å². The van der Waals surface area contributed by atoms with Crippen molar-refractivity contribution in [3.8, 4) is 6.07 Å². The number of piperidine rings is 1. The van der Waals surface area contributed by atoms with E-state index < -0.39 is 27.9 Å². The molecule has 2 N–H and O–H groups in total. The van der Waals surface area contributed by atoms with E-state index in [1.165, 1.54) is 12.1 Å². The van der Waals surface area contributed by atoms with Crippen LogP contribution in [0.2, 0.25) is 0 Å². The van der Waals surface area contributed by atoms with Crippen LogP contribution in [0.4, 0.5) is 0 Å². The second-order valence-corrected chi connectivity index (χ2v) is 6.88. The Labute approximate surface area is 113 Å². The number of imide groups is 1. The molecule has 1 aromatic rings. The van der Waals surface area contributed by atoms with Crippen LogP contribution in [-0.4, -0.2) is 26.3 Å². The number of hydrogen-bond acceptors (Lipinski definition) is 6. The van der Waals surface area contributed by atoms with E-state index >= 15 is 0 Å². The molecule has 9 heteroatoms. The average Bonchev–Trinajstić information content (AvgIpc) is 2.82. The van der Waals surface area contributed by atoms with Gasteiger partial charge in [-0.1, -0.05) is 0 Å². The highest BCUT2D eigenvalue weighted by atomic mass is 32.2. The van der Waals surface area contributed by atoms with Crippen LogP contribution in [0.3, 0.4) is 0 Å². The Morgan fingerprint density at radius 3 is 2.74 bits per heavy atom. The first kappa shape index (κ1) is 13.7. The molecule has 7 nitrogen and oxygen atoms in total. The van der Waals surface area contributed by atoms with Gasteiger partial charge >= 0.3 is 0 Å². The number of sulfonamides is 1. The number of rotatable bonds is 3. The lowest BCUT2D eigenvalue weighted by Gasteiger charge is -2.21. The molecule has 2 heterocycles. The molecule has 100 valence electrons. The van der Waals surface area contributed by atoms with Crippen molar-refractivity contribution in [1.82, 2.24) is 10.0 Å². The molecule has 2 rings (SSSR count). The molecule has 1 aliphatic rings. The van der Waals surface area contributed by atoms with Gasteiger partial charge in [0.2, 0.25) is 11.8 Å². The molecule has 1 aromatic heterocycles. The molecular formula is C10H9N3O4S2. The number of nitrogens with zero attached hydrogens (tertiary/aromatic N) is 1. The fourth-order valence-electron chi connectivity index (χ4n) is 1.58. The Kier molecular flexibility index (Phi) is 3.66. The molecule has 0 aliphatic carbocycles. The molecule has 1 fully saturated rings. The van der Waals surface area contributed by atoms with Crippen molar-refractivity contribution >= 4 is 33.2 Å². The Hall–Kier alpha value is -1.76. The van der Waals surface area contributed by atoms with Crippen molar-refractivity contribution in [3.05, 3.63) is 17.0 Å². The maximum Gasteiger partial charge on any atom is 0.250 e. The summed E-state index contributed by atoms with van der Waals surface area (Å²) in [5.74, 6) is -1.07. The van der Waals surface area contributed by atoms with Crippen molar-refractivity contribution in [2.24, 2.45) is 0 Å². The third-order valence-electron chi connectivity index (χ3n) is 2.49. The summed E-state index contributed by atoms with van der Waals surface area (Å²) in [7, 11) is -3.85. The van der Waals surface area contributed by atoms with E-state index in [1.54, 1.807) is 0 Å². The monoisotopic (exact) mass is 299 g/mol. The molecule has 19 heavy (non-hydrogen) atoms. The first-order chi connectivity index (χ1) is 8.92. The first-order valence-electron chi connectivity index (χ1n) is 5.28. The van der Waals surface area contributed by atoms with Gasteiger partial charge in [-0.3, -0.25) is 14.9 Å². The predicted molar refractivity (Wildman–Crippen MR) is 65.5 cm³/mol. The van der Waals surface area contributed by atoms with Gasteiger partial charge < -0.3 is 0 Å². The molecule has 0 bridgehead atoms. The zero-order chi connectivity index (χ0) is 14.0. The lowest BCUT2D eigenvalue weighted by atomic mass is 10.1. The van der Waals surface area contributed by atoms with E-state index in [0.29, 0.717) is 0 Å². The molecule has 0 radical (unpaired) electrons. The van der Waals surface area contributed by atoms with Gasteiger partial charge in [0.05, 0.1) is 0 Å². The number of thiophene rings is 1. The maximum atomic E-state index is 12.0. The topological polar surface area (TPSA) is 116 Å². The van der Waals surface area contributed by atoms with Crippen molar-refractivity contribution in [2.45, 2.75) is 23.1 Å². The minimum absolute atomic E-state index is 0.0336. The first-order valence-corrected chi connectivity index (χ1v) is 7.58. The predicted octanol–water partition coefficient (Wildman–Crippen LogP) is -0.297. The Bertz CT molecular complexity index is 671. The summed E-state index contributed by atoms with van der Waals surface area (Å²) in [5, 5.41) is 10.7. The molecule has 0 aromatic carbocycles. The Balaban J connectivity index is 2.16. The van der Waals surface area contributed by atoms with Crippen LogP contribution in [0, 0.1) is 11.3 Å². The summed E-state index contributed by atoms with van der Waals surface area (Å²) in [5.41, 5.74) is 0. The zero-order valence-electron chi connectivity index (χ0n) is 9.54. The summed E-state index contributed by atoms with van der Waals surface area (Å²) < 4.78 is 26.2. The van der Waals surface area contributed by atoms with Gasteiger partial charge in [0.15, 0.2) is 0 Å². The van der Waals surface area contributed by atoms with Gasteiger partial charge in [0, 0.05) is 6.42 Å². The van der Waals surface area contributed by atoms with E-state index in [-0.39, 0.29) is 21.9 Å². The summed E-state index contributed by atoms with van der Waals surface area (Å²) >= 11 is 0.820. The molecule has 1 aliphatic heterocycles. The average molecular weight is 299 g/mol. The third kappa shape index (κ3) is 2.98. The van der Waals surface area contributed by atoms with Gasteiger partial charge in [0.1, 0.15) is 21.2 Å². The fourth-order valence-corrected chi connectivity index (χ4v) is 3.93. The van der Waals surface area contributed by atoms with Crippen LogP contribution < -0.4 is 10.0 Å². The quantitative estimate of drug-likeness (QED) is 0.743.